The lowest BCUT2D eigenvalue weighted by Crippen LogP contribution is -2.49. The Balaban J connectivity index is 2.18. The zero-order chi connectivity index (χ0) is 23.4. The summed E-state index contributed by atoms with van der Waals surface area (Å²) in [6, 6.07) is 15.1. The van der Waals surface area contributed by atoms with E-state index in [1.807, 2.05) is 55.5 Å². The standard InChI is InChI=1S/C24H29N3O4S/c1-17-15-26-23(27-16-17)24(18(2)32(25,28)29,13-19-5-9-21(30-3)10-6-19)14-20-7-11-22(31-4)12-8-20/h5-12,15-16,18H,13-14H2,1-4H3,(H2,25,28,29). The van der Waals surface area contributed by atoms with Crippen molar-refractivity contribution in [1.29, 1.82) is 0 Å². The Morgan fingerprint density at radius 1 is 0.875 bits per heavy atom. The van der Waals surface area contributed by atoms with Gasteiger partial charge in [-0.1, -0.05) is 24.3 Å². The molecule has 32 heavy (non-hydrogen) atoms. The third kappa shape index (κ3) is 5.26. The molecule has 0 spiro atoms. The lowest BCUT2D eigenvalue weighted by molar-refractivity contribution is 0.374. The molecule has 1 aromatic heterocycles. The SMILES string of the molecule is COc1ccc(CC(Cc2ccc(OC)cc2)(c2ncc(C)cn2)C(C)S(N)(=O)=O)cc1. The largest absolute Gasteiger partial charge is 0.497 e. The van der Waals surface area contributed by atoms with Crippen LogP contribution in [0.1, 0.15) is 29.4 Å². The summed E-state index contributed by atoms with van der Waals surface area (Å²) >= 11 is 0. The van der Waals surface area contributed by atoms with Crippen LogP contribution in [0.25, 0.3) is 0 Å². The number of nitrogens with zero attached hydrogens (tertiary/aromatic N) is 2. The van der Waals surface area contributed by atoms with Crippen LogP contribution in [0.5, 0.6) is 11.5 Å². The number of aryl methyl sites for hydroxylation is 1. The molecule has 2 aromatic carbocycles. The Hall–Kier alpha value is -2.97. The number of rotatable bonds is 9. The molecule has 0 fully saturated rings. The Labute approximate surface area is 189 Å². The molecular weight excluding hydrogens is 426 g/mol. The maximum absolute atomic E-state index is 12.7. The van der Waals surface area contributed by atoms with Gasteiger partial charge in [-0.2, -0.15) is 0 Å². The molecule has 0 aliphatic carbocycles. The van der Waals surface area contributed by atoms with E-state index in [1.54, 1.807) is 33.5 Å². The van der Waals surface area contributed by atoms with E-state index in [4.69, 9.17) is 14.6 Å². The smallest absolute Gasteiger partial charge is 0.212 e. The van der Waals surface area contributed by atoms with Crippen molar-refractivity contribution in [1.82, 2.24) is 9.97 Å². The van der Waals surface area contributed by atoms with Gasteiger partial charge in [-0.3, -0.25) is 0 Å². The summed E-state index contributed by atoms with van der Waals surface area (Å²) in [6.07, 6.45) is 4.16. The molecule has 1 unspecified atom stereocenters. The van der Waals surface area contributed by atoms with Gasteiger partial charge >= 0.3 is 0 Å². The van der Waals surface area contributed by atoms with Crippen molar-refractivity contribution in [3.8, 4) is 11.5 Å². The molecule has 3 aromatic rings. The maximum Gasteiger partial charge on any atom is 0.212 e. The number of methoxy groups -OCH3 is 2. The van der Waals surface area contributed by atoms with Crippen LogP contribution in [0.3, 0.4) is 0 Å². The summed E-state index contributed by atoms with van der Waals surface area (Å²) in [5, 5.41) is 4.76. The molecule has 0 saturated carbocycles. The second-order valence-electron chi connectivity index (χ2n) is 8.02. The van der Waals surface area contributed by atoms with Crippen molar-refractivity contribution in [2.24, 2.45) is 5.14 Å². The molecular formula is C24H29N3O4S. The van der Waals surface area contributed by atoms with Crippen LogP contribution in [0.15, 0.2) is 60.9 Å². The number of hydrogen-bond donors (Lipinski definition) is 1. The number of nitrogens with two attached hydrogens (primary N) is 1. The molecule has 0 saturated heterocycles. The normalized spacial score (nSPS) is 12.9. The highest BCUT2D eigenvalue weighted by molar-refractivity contribution is 7.89. The van der Waals surface area contributed by atoms with Gasteiger partial charge in [-0.05, 0) is 67.6 Å². The first kappa shape index (κ1) is 23.7. The van der Waals surface area contributed by atoms with Gasteiger partial charge in [0.1, 0.15) is 17.3 Å². The molecule has 8 heteroatoms. The lowest BCUT2D eigenvalue weighted by Gasteiger charge is -2.37. The van der Waals surface area contributed by atoms with Crippen LogP contribution in [-0.2, 0) is 28.3 Å². The number of primary sulfonamides is 1. The predicted octanol–water partition coefficient (Wildman–Crippen LogP) is 3.20. The van der Waals surface area contributed by atoms with Gasteiger partial charge in [0.25, 0.3) is 0 Å². The number of hydrogen-bond acceptors (Lipinski definition) is 6. The fourth-order valence-electron chi connectivity index (χ4n) is 3.87. The van der Waals surface area contributed by atoms with Crippen LogP contribution in [0, 0.1) is 6.92 Å². The summed E-state index contributed by atoms with van der Waals surface area (Å²) in [4.78, 5) is 9.13. The topological polar surface area (TPSA) is 104 Å². The van der Waals surface area contributed by atoms with Crippen LogP contribution in [-0.4, -0.2) is 37.9 Å². The first-order valence-electron chi connectivity index (χ1n) is 10.2. The molecule has 2 N–H and O–H groups in total. The van der Waals surface area contributed by atoms with Crippen LogP contribution in [0.2, 0.25) is 0 Å². The van der Waals surface area contributed by atoms with Crippen molar-refractivity contribution in [2.75, 3.05) is 14.2 Å². The quantitative estimate of drug-likeness (QED) is 0.531. The molecule has 0 bridgehead atoms. The van der Waals surface area contributed by atoms with Gasteiger partial charge in [-0.15, -0.1) is 0 Å². The molecule has 170 valence electrons. The highest BCUT2D eigenvalue weighted by Gasteiger charge is 2.46. The minimum Gasteiger partial charge on any atom is -0.497 e. The van der Waals surface area contributed by atoms with E-state index in [9.17, 15) is 8.42 Å². The Morgan fingerprint density at radius 3 is 1.62 bits per heavy atom. The number of sulfonamides is 1. The van der Waals surface area contributed by atoms with Crippen molar-refractivity contribution in [2.45, 2.75) is 37.4 Å². The van der Waals surface area contributed by atoms with Crippen LogP contribution in [0.4, 0.5) is 0 Å². The van der Waals surface area contributed by atoms with Crippen molar-refractivity contribution in [3.05, 3.63) is 83.4 Å². The number of ether oxygens (including phenoxy) is 2. The van der Waals surface area contributed by atoms with Crippen molar-refractivity contribution < 1.29 is 17.9 Å². The first-order valence-corrected chi connectivity index (χ1v) is 11.9. The minimum absolute atomic E-state index is 0.379. The molecule has 0 aliphatic rings. The van der Waals surface area contributed by atoms with Crippen molar-refractivity contribution >= 4 is 10.0 Å². The molecule has 0 aliphatic heterocycles. The van der Waals surface area contributed by atoms with E-state index in [1.165, 1.54) is 0 Å². The van der Waals surface area contributed by atoms with Crippen LogP contribution < -0.4 is 14.6 Å². The molecule has 0 amide bonds. The van der Waals surface area contributed by atoms with E-state index >= 15 is 0 Å². The fourth-order valence-corrected chi connectivity index (χ4v) is 4.77. The summed E-state index contributed by atoms with van der Waals surface area (Å²) in [5.74, 6) is 1.89. The minimum atomic E-state index is -3.91. The third-order valence-electron chi connectivity index (χ3n) is 5.85. The summed E-state index contributed by atoms with van der Waals surface area (Å²) in [7, 11) is -0.707. The van der Waals surface area contributed by atoms with E-state index in [2.05, 4.69) is 9.97 Å². The van der Waals surface area contributed by atoms with E-state index in [-0.39, 0.29) is 0 Å². The highest BCUT2D eigenvalue weighted by Crippen LogP contribution is 2.37. The number of benzene rings is 2. The maximum atomic E-state index is 12.7. The van der Waals surface area contributed by atoms with Crippen molar-refractivity contribution in [3.63, 3.8) is 0 Å². The Morgan fingerprint density at radius 2 is 1.28 bits per heavy atom. The molecule has 1 heterocycles. The van der Waals surface area contributed by atoms with Gasteiger partial charge in [0.15, 0.2) is 0 Å². The molecule has 0 radical (unpaired) electrons. The average Bonchev–Trinajstić information content (AvgIpc) is 2.79. The summed E-state index contributed by atoms with van der Waals surface area (Å²) in [5.41, 5.74) is 1.75. The van der Waals surface area contributed by atoms with E-state index < -0.39 is 20.7 Å². The Bertz CT molecular complexity index is 1080. The molecule has 7 nitrogen and oxygen atoms in total. The van der Waals surface area contributed by atoms with E-state index in [0.29, 0.717) is 18.7 Å². The number of aromatic nitrogens is 2. The highest BCUT2D eigenvalue weighted by atomic mass is 32.2. The van der Waals surface area contributed by atoms with Gasteiger partial charge < -0.3 is 9.47 Å². The third-order valence-corrected chi connectivity index (χ3v) is 7.29. The second-order valence-corrected chi connectivity index (χ2v) is 9.91. The Kier molecular flexibility index (Phi) is 7.16. The summed E-state index contributed by atoms with van der Waals surface area (Å²) < 4.78 is 35.9. The summed E-state index contributed by atoms with van der Waals surface area (Å²) in [6.45, 7) is 3.52. The lowest BCUT2D eigenvalue weighted by atomic mass is 9.73. The van der Waals surface area contributed by atoms with Gasteiger partial charge in [0.05, 0.1) is 24.9 Å². The molecule has 3 rings (SSSR count). The van der Waals surface area contributed by atoms with Gasteiger partial charge in [0, 0.05) is 12.4 Å². The predicted molar refractivity (Wildman–Crippen MR) is 124 cm³/mol. The monoisotopic (exact) mass is 455 g/mol. The van der Waals surface area contributed by atoms with Crippen LogP contribution >= 0.6 is 0 Å². The fraction of sp³-hybridized carbons (Fsp3) is 0.333. The zero-order valence-electron chi connectivity index (χ0n) is 18.8. The average molecular weight is 456 g/mol. The first-order chi connectivity index (χ1) is 15.2. The van der Waals surface area contributed by atoms with Gasteiger partial charge in [0.2, 0.25) is 10.0 Å². The second kappa shape index (κ2) is 9.67. The van der Waals surface area contributed by atoms with Gasteiger partial charge in [-0.25, -0.2) is 23.5 Å². The molecule has 1 atom stereocenters. The van der Waals surface area contributed by atoms with E-state index in [0.717, 1.165) is 28.2 Å². The zero-order valence-corrected chi connectivity index (χ0v) is 19.6.